The quantitative estimate of drug-likeness (QED) is 0.723. The molecule has 0 radical (unpaired) electrons. The van der Waals surface area contributed by atoms with E-state index in [1.165, 1.54) is 0 Å². The maximum absolute atomic E-state index is 13.0. The second-order valence-electron chi connectivity index (χ2n) is 6.35. The lowest BCUT2D eigenvalue weighted by Gasteiger charge is -2.26. The maximum Gasteiger partial charge on any atom is 0.341 e. The van der Waals surface area contributed by atoms with Crippen LogP contribution in [0.1, 0.15) is 42.9 Å². The first-order chi connectivity index (χ1) is 13.9. The van der Waals surface area contributed by atoms with Gasteiger partial charge in [0.15, 0.2) is 0 Å². The number of thiophene rings is 1. The van der Waals surface area contributed by atoms with E-state index in [4.69, 9.17) is 21.1 Å². The molecule has 1 N–H and O–H groups in total. The molecule has 154 valence electrons. The number of halogens is 1. The van der Waals surface area contributed by atoms with E-state index < -0.39 is 11.9 Å². The molecule has 2 amide bonds. The summed E-state index contributed by atoms with van der Waals surface area (Å²) in [6, 6.07) is 6.38. The number of rotatable bonds is 5. The van der Waals surface area contributed by atoms with Gasteiger partial charge >= 0.3 is 5.97 Å². The number of carbonyl (C=O) groups is 3. The first kappa shape index (κ1) is 21.3. The van der Waals surface area contributed by atoms with Crippen molar-refractivity contribution in [2.45, 2.75) is 13.8 Å². The minimum absolute atomic E-state index is 0.186. The highest BCUT2D eigenvalue weighted by atomic mass is 35.5. The summed E-state index contributed by atoms with van der Waals surface area (Å²) < 4.78 is 10.4. The van der Waals surface area contributed by atoms with E-state index in [-0.39, 0.29) is 23.1 Å². The van der Waals surface area contributed by atoms with Crippen molar-refractivity contribution in [1.29, 1.82) is 0 Å². The number of hydrogen-bond donors (Lipinski definition) is 1. The second kappa shape index (κ2) is 9.39. The third-order valence-electron chi connectivity index (χ3n) is 4.45. The first-order valence-corrected chi connectivity index (χ1v) is 10.4. The van der Waals surface area contributed by atoms with Gasteiger partial charge in [0, 0.05) is 23.7 Å². The van der Waals surface area contributed by atoms with Crippen molar-refractivity contribution in [3.63, 3.8) is 0 Å². The molecule has 0 bridgehead atoms. The van der Waals surface area contributed by atoms with Crippen LogP contribution in [0.2, 0.25) is 5.02 Å². The van der Waals surface area contributed by atoms with Crippen LogP contribution in [0.15, 0.2) is 24.3 Å². The molecule has 2 heterocycles. The van der Waals surface area contributed by atoms with Gasteiger partial charge in [-0.3, -0.25) is 9.59 Å². The Hall–Kier alpha value is -2.42. The molecule has 1 fully saturated rings. The summed E-state index contributed by atoms with van der Waals surface area (Å²) in [7, 11) is 0. The largest absolute Gasteiger partial charge is 0.462 e. The highest BCUT2D eigenvalue weighted by Crippen LogP contribution is 2.35. The lowest BCUT2D eigenvalue weighted by Crippen LogP contribution is -2.40. The Balaban J connectivity index is 1.93. The van der Waals surface area contributed by atoms with Gasteiger partial charge in [0.1, 0.15) is 5.00 Å². The van der Waals surface area contributed by atoms with Crippen molar-refractivity contribution in [1.82, 2.24) is 4.90 Å². The average molecular weight is 437 g/mol. The van der Waals surface area contributed by atoms with Crippen LogP contribution >= 0.6 is 22.9 Å². The lowest BCUT2D eigenvalue weighted by molar-refractivity contribution is 0.0305. The highest BCUT2D eigenvalue weighted by molar-refractivity contribution is 7.18. The lowest BCUT2D eigenvalue weighted by atomic mass is 10.1. The summed E-state index contributed by atoms with van der Waals surface area (Å²) in [6.07, 6.45) is 0. The summed E-state index contributed by atoms with van der Waals surface area (Å²) in [4.78, 5) is 40.2. The Morgan fingerprint density at radius 2 is 1.86 bits per heavy atom. The van der Waals surface area contributed by atoms with E-state index in [1.54, 1.807) is 43.0 Å². The molecule has 0 spiro atoms. The van der Waals surface area contributed by atoms with E-state index in [9.17, 15) is 14.4 Å². The zero-order valence-electron chi connectivity index (χ0n) is 16.1. The molecule has 1 aromatic heterocycles. The number of ether oxygens (including phenoxy) is 2. The predicted molar refractivity (Wildman–Crippen MR) is 111 cm³/mol. The molecule has 29 heavy (non-hydrogen) atoms. The van der Waals surface area contributed by atoms with Gasteiger partial charge in [-0.25, -0.2) is 4.79 Å². The zero-order chi connectivity index (χ0) is 21.0. The van der Waals surface area contributed by atoms with Crippen LogP contribution in [0, 0.1) is 6.92 Å². The van der Waals surface area contributed by atoms with Crippen molar-refractivity contribution in [2.75, 3.05) is 38.2 Å². The molecule has 1 aromatic carbocycles. The molecule has 1 aliphatic heterocycles. The number of benzene rings is 1. The van der Waals surface area contributed by atoms with Crippen molar-refractivity contribution in [3.05, 3.63) is 50.9 Å². The molecule has 0 saturated carbocycles. The minimum atomic E-state index is -0.575. The van der Waals surface area contributed by atoms with Gasteiger partial charge in [-0.15, -0.1) is 11.3 Å². The number of anilines is 1. The number of nitrogens with zero attached hydrogens (tertiary/aromatic N) is 1. The molecule has 7 nitrogen and oxygen atoms in total. The smallest absolute Gasteiger partial charge is 0.341 e. The van der Waals surface area contributed by atoms with Crippen LogP contribution < -0.4 is 5.32 Å². The third kappa shape index (κ3) is 4.77. The van der Waals surface area contributed by atoms with Crippen molar-refractivity contribution < 1.29 is 23.9 Å². The van der Waals surface area contributed by atoms with Gasteiger partial charge < -0.3 is 19.7 Å². The average Bonchev–Trinajstić information content (AvgIpc) is 3.04. The molecule has 0 atom stereocenters. The Kier molecular flexibility index (Phi) is 6.89. The standard InChI is InChI=1S/C20H21ClN2O5S/c1-3-28-20(26)15-12(2)16(19(25)23-8-10-27-11-9-23)29-18(15)22-17(24)13-4-6-14(21)7-5-13/h4-7H,3,8-11H2,1-2H3,(H,22,24). The SMILES string of the molecule is CCOC(=O)c1c(NC(=O)c2ccc(Cl)cc2)sc(C(=O)N2CCOCC2)c1C. The minimum Gasteiger partial charge on any atom is -0.462 e. The Bertz CT molecular complexity index is 920. The number of nitrogens with one attached hydrogen (secondary N) is 1. The summed E-state index contributed by atoms with van der Waals surface area (Å²) in [5.41, 5.74) is 1.09. The molecule has 3 rings (SSSR count). The Morgan fingerprint density at radius 1 is 1.21 bits per heavy atom. The first-order valence-electron chi connectivity index (χ1n) is 9.16. The van der Waals surface area contributed by atoms with Crippen LogP contribution in [-0.2, 0) is 9.47 Å². The molecule has 0 unspecified atom stereocenters. The van der Waals surface area contributed by atoms with Crippen LogP contribution in [0.5, 0.6) is 0 Å². The fourth-order valence-electron chi connectivity index (χ4n) is 2.94. The Labute approximate surface area is 177 Å². The fraction of sp³-hybridized carbons (Fsp3) is 0.350. The third-order valence-corrected chi connectivity index (χ3v) is 5.90. The number of carbonyl (C=O) groups excluding carboxylic acids is 3. The van der Waals surface area contributed by atoms with Crippen LogP contribution in [-0.4, -0.2) is 55.6 Å². The number of hydrogen-bond acceptors (Lipinski definition) is 6. The molecular weight excluding hydrogens is 416 g/mol. The van der Waals surface area contributed by atoms with Gasteiger partial charge in [-0.05, 0) is 43.7 Å². The maximum atomic E-state index is 13.0. The summed E-state index contributed by atoms with van der Waals surface area (Å²) >= 11 is 6.95. The topological polar surface area (TPSA) is 84.9 Å². The molecule has 0 aliphatic carbocycles. The van der Waals surface area contributed by atoms with E-state index in [0.717, 1.165) is 11.3 Å². The number of morpholine rings is 1. The van der Waals surface area contributed by atoms with Gasteiger partial charge in [-0.1, -0.05) is 11.6 Å². The van der Waals surface area contributed by atoms with Gasteiger partial charge in [0.05, 0.1) is 30.3 Å². The molecular formula is C20H21ClN2O5S. The van der Waals surface area contributed by atoms with Crippen molar-refractivity contribution in [3.8, 4) is 0 Å². The van der Waals surface area contributed by atoms with E-state index >= 15 is 0 Å². The second-order valence-corrected chi connectivity index (χ2v) is 7.80. The van der Waals surface area contributed by atoms with Gasteiger partial charge in [0.25, 0.3) is 11.8 Å². The normalized spacial score (nSPS) is 13.8. The monoisotopic (exact) mass is 436 g/mol. The fourth-order valence-corrected chi connectivity index (χ4v) is 4.23. The number of esters is 1. The van der Waals surface area contributed by atoms with Gasteiger partial charge in [-0.2, -0.15) is 0 Å². The van der Waals surface area contributed by atoms with Crippen molar-refractivity contribution in [2.24, 2.45) is 0 Å². The molecule has 2 aromatic rings. The van der Waals surface area contributed by atoms with E-state index in [1.807, 2.05) is 0 Å². The van der Waals surface area contributed by atoms with E-state index in [2.05, 4.69) is 5.32 Å². The van der Waals surface area contributed by atoms with Crippen LogP contribution in [0.4, 0.5) is 5.00 Å². The molecule has 9 heteroatoms. The summed E-state index contributed by atoms with van der Waals surface area (Å²) in [5.74, 6) is -1.17. The predicted octanol–water partition coefficient (Wildman–Crippen LogP) is 3.61. The summed E-state index contributed by atoms with van der Waals surface area (Å²) in [5, 5.41) is 3.55. The van der Waals surface area contributed by atoms with Gasteiger partial charge in [0.2, 0.25) is 0 Å². The van der Waals surface area contributed by atoms with E-state index in [0.29, 0.717) is 47.3 Å². The molecule has 1 aliphatic rings. The van der Waals surface area contributed by atoms with Crippen molar-refractivity contribution >= 4 is 45.7 Å². The Morgan fingerprint density at radius 3 is 2.48 bits per heavy atom. The van der Waals surface area contributed by atoms with Crippen LogP contribution in [0.3, 0.4) is 0 Å². The molecule has 1 saturated heterocycles. The number of amides is 2. The summed E-state index contributed by atoms with van der Waals surface area (Å²) in [6.45, 7) is 5.49. The zero-order valence-corrected chi connectivity index (χ0v) is 17.7. The highest BCUT2D eigenvalue weighted by Gasteiger charge is 2.29. The van der Waals surface area contributed by atoms with Crippen LogP contribution in [0.25, 0.3) is 0 Å².